The molecule has 1 unspecified atom stereocenters. The van der Waals surface area contributed by atoms with Gasteiger partial charge in [0.2, 0.25) is 0 Å². The molecule has 0 radical (unpaired) electrons. The molecule has 28 heavy (non-hydrogen) atoms. The third-order valence-electron chi connectivity index (χ3n) is 4.96. The average molecular weight is 388 g/mol. The summed E-state index contributed by atoms with van der Waals surface area (Å²) in [6.07, 6.45) is 8.16. The first kappa shape index (κ1) is 21.4. The van der Waals surface area contributed by atoms with Crippen molar-refractivity contribution in [3.05, 3.63) is 23.5 Å². The normalized spacial score (nSPS) is 17.4. The maximum absolute atomic E-state index is 12.1. The fourth-order valence-electron chi connectivity index (χ4n) is 3.40. The molecule has 1 aliphatic rings. The summed E-state index contributed by atoms with van der Waals surface area (Å²) in [5.41, 5.74) is 13.0. The number of aromatic amines is 1. The second kappa shape index (κ2) is 10.5. The molecule has 2 rings (SSSR count). The zero-order valence-electron chi connectivity index (χ0n) is 15.9. The number of nitrogens with two attached hydrogens (primary N) is 2. The number of rotatable bonds is 10. The largest absolute Gasteiger partial charge is 0.462 e. The molecule has 1 aromatic rings. The summed E-state index contributed by atoms with van der Waals surface area (Å²) in [4.78, 5) is 18.9. The monoisotopic (exact) mass is 388 g/mol. The number of esters is 1. The zero-order valence-corrected chi connectivity index (χ0v) is 15.9. The molecule has 1 heterocycles. The highest BCUT2D eigenvalue weighted by atomic mass is 16.6. The van der Waals surface area contributed by atoms with Gasteiger partial charge in [0.15, 0.2) is 0 Å². The molecule has 152 valence electrons. The molecule has 1 fully saturated rings. The maximum atomic E-state index is 12.1. The summed E-state index contributed by atoms with van der Waals surface area (Å²) in [6.45, 7) is 0.00738. The Morgan fingerprint density at radius 1 is 1.43 bits per heavy atom. The molecule has 0 aliphatic heterocycles. The minimum Gasteiger partial charge on any atom is -0.462 e. The number of nitrogens with zero attached hydrogens (tertiary/aromatic N) is 2. The molecule has 0 spiro atoms. The second-order valence-electron chi connectivity index (χ2n) is 7.19. The summed E-state index contributed by atoms with van der Waals surface area (Å²) in [5, 5.41) is 15.8. The van der Waals surface area contributed by atoms with Crippen molar-refractivity contribution >= 4 is 18.1 Å². The number of hydrogen-bond donors (Lipinski definition) is 4. The van der Waals surface area contributed by atoms with Crippen LogP contribution in [0.4, 0.5) is 0 Å². The number of carbonyl (C=O) groups is 1. The van der Waals surface area contributed by atoms with Crippen LogP contribution in [0.1, 0.15) is 56.3 Å². The van der Waals surface area contributed by atoms with Crippen molar-refractivity contribution in [2.75, 3.05) is 6.61 Å². The van der Waals surface area contributed by atoms with E-state index in [1.165, 1.54) is 0 Å². The van der Waals surface area contributed by atoms with Crippen molar-refractivity contribution in [1.29, 1.82) is 10.7 Å². The SMILES string of the molecule is N#COC(CCc1ccc(C(N)=NC=N)[nH]1)COC(=O)CC1(N)CCCCC1. The fraction of sp³-hybridized carbons (Fsp3) is 0.579. The number of nitriles is 1. The zero-order chi connectivity index (χ0) is 20.4. The molecule has 9 heteroatoms. The molecule has 1 aromatic heterocycles. The molecule has 0 amide bonds. The van der Waals surface area contributed by atoms with Gasteiger partial charge in [0.1, 0.15) is 24.9 Å². The summed E-state index contributed by atoms with van der Waals surface area (Å²) in [5.74, 6) is -0.132. The average Bonchev–Trinajstić information content (AvgIpc) is 3.13. The lowest BCUT2D eigenvalue weighted by Gasteiger charge is -2.32. The Kier molecular flexibility index (Phi) is 8.02. The van der Waals surface area contributed by atoms with Crippen LogP contribution in [0.25, 0.3) is 0 Å². The molecule has 0 saturated heterocycles. The van der Waals surface area contributed by atoms with Gasteiger partial charge in [0, 0.05) is 11.2 Å². The summed E-state index contributed by atoms with van der Waals surface area (Å²) in [6, 6.07) is 3.61. The Labute approximate surface area is 164 Å². The second-order valence-corrected chi connectivity index (χ2v) is 7.19. The molecule has 1 saturated carbocycles. The van der Waals surface area contributed by atoms with Crippen LogP contribution < -0.4 is 11.5 Å². The predicted octanol–water partition coefficient (Wildman–Crippen LogP) is 1.72. The minimum atomic E-state index is -0.534. The number of H-pyrrole nitrogens is 1. The van der Waals surface area contributed by atoms with Gasteiger partial charge in [-0.3, -0.25) is 10.2 Å². The Balaban J connectivity index is 1.81. The highest BCUT2D eigenvalue weighted by Crippen LogP contribution is 2.28. The minimum absolute atomic E-state index is 0.00738. The van der Waals surface area contributed by atoms with E-state index >= 15 is 0 Å². The smallest absolute Gasteiger partial charge is 0.307 e. The predicted molar refractivity (Wildman–Crippen MR) is 105 cm³/mol. The van der Waals surface area contributed by atoms with E-state index in [4.69, 9.17) is 31.6 Å². The first-order valence-electron chi connectivity index (χ1n) is 9.45. The Morgan fingerprint density at radius 3 is 2.86 bits per heavy atom. The lowest BCUT2D eigenvalue weighted by molar-refractivity contribution is -0.148. The summed E-state index contributed by atoms with van der Waals surface area (Å²) < 4.78 is 10.3. The van der Waals surface area contributed by atoms with Crippen molar-refractivity contribution in [1.82, 2.24) is 4.98 Å². The van der Waals surface area contributed by atoms with Crippen molar-refractivity contribution in [2.24, 2.45) is 16.5 Å². The van der Waals surface area contributed by atoms with Gasteiger partial charge in [-0.05, 0) is 37.8 Å². The maximum Gasteiger partial charge on any atom is 0.307 e. The van der Waals surface area contributed by atoms with Crippen LogP contribution in [0, 0.1) is 16.9 Å². The van der Waals surface area contributed by atoms with Crippen molar-refractivity contribution in [2.45, 2.75) is 63.0 Å². The van der Waals surface area contributed by atoms with Crippen LogP contribution in [0.5, 0.6) is 0 Å². The van der Waals surface area contributed by atoms with Gasteiger partial charge in [-0.25, -0.2) is 4.99 Å². The van der Waals surface area contributed by atoms with E-state index in [2.05, 4.69) is 9.98 Å². The first-order valence-corrected chi connectivity index (χ1v) is 9.45. The molecular formula is C19H28N6O3. The number of nitrogens with one attached hydrogen (secondary N) is 2. The molecule has 9 nitrogen and oxygen atoms in total. The van der Waals surface area contributed by atoms with E-state index in [-0.39, 0.29) is 24.8 Å². The highest BCUT2D eigenvalue weighted by molar-refractivity contribution is 5.99. The number of hydrogen-bond acceptors (Lipinski definition) is 6. The molecule has 1 atom stereocenters. The summed E-state index contributed by atoms with van der Waals surface area (Å²) >= 11 is 0. The third-order valence-corrected chi connectivity index (χ3v) is 4.96. The van der Waals surface area contributed by atoms with Gasteiger partial charge >= 0.3 is 5.97 Å². The van der Waals surface area contributed by atoms with Crippen molar-refractivity contribution in [3.8, 4) is 6.26 Å². The molecule has 0 bridgehead atoms. The van der Waals surface area contributed by atoms with Crippen molar-refractivity contribution < 1.29 is 14.3 Å². The first-order chi connectivity index (χ1) is 13.5. The number of amidine groups is 1. The molecule has 0 aromatic carbocycles. The lowest BCUT2D eigenvalue weighted by Crippen LogP contribution is -2.44. The van der Waals surface area contributed by atoms with Crippen LogP contribution in [0.15, 0.2) is 17.1 Å². The lowest BCUT2D eigenvalue weighted by atomic mass is 9.80. The Bertz CT molecular complexity index is 730. The van der Waals surface area contributed by atoms with Crippen LogP contribution in [0.3, 0.4) is 0 Å². The molecule has 6 N–H and O–H groups in total. The van der Waals surface area contributed by atoms with E-state index in [0.717, 1.165) is 44.1 Å². The molecule has 1 aliphatic carbocycles. The van der Waals surface area contributed by atoms with Gasteiger partial charge in [-0.15, -0.1) is 0 Å². The van der Waals surface area contributed by atoms with Crippen LogP contribution in [-0.2, 0) is 20.7 Å². The number of ether oxygens (including phenoxy) is 2. The van der Waals surface area contributed by atoms with Gasteiger partial charge in [-0.2, -0.15) is 5.26 Å². The van der Waals surface area contributed by atoms with Crippen LogP contribution in [-0.4, -0.2) is 41.4 Å². The highest BCUT2D eigenvalue weighted by Gasteiger charge is 2.31. The van der Waals surface area contributed by atoms with Gasteiger partial charge < -0.3 is 25.9 Å². The van der Waals surface area contributed by atoms with E-state index in [0.29, 0.717) is 18.5 Å². The fourth-order valence-corrected chi connectivity index (χ4v) is 3.40. The van der Waals surface area contributed by atoms with E-state index in [9.17, 15) is 4.79 Å². The van der Waals surface area contributed by atoms with E-state index in [1.54, 1.807) is 12.3 Å². The standard InChI is InChI=1S/C19H28N6O3/c20-12-24-18(22)16-7-5-14(25-16)4-6-15(28-13-21)11-27-17(26)10-19(23)8-2-1-3-9-19/h5,7,12,15,25H,1-4,6,8-11,23H2,(H3,20,22,24). The third kappa shape index (κ3) is 6.70. The summed E-state index contributed by atoms with van der Waals surface area (Å²) in [7, 11) is 0. The van der Waals surface area contributed by atoms with Crippen LogP contribution >= 0.6 is 0 Å². The van der Waals surface area contributed by atoms with Gasteiger partial charge in [-0.1, -0.05) is 19.3 Å². The number of aryl methyl sites for hydroxylation is 1. The van der Waals surface area contributed by atoms with Crippen LogP contribution in [0.2, 0.25) is 0 Å². The number of aromatic nitrogens is 1. The van der Waals surface area contributed by atoms with Crippen molar-refractivity contribution in [3.63, 3.8) is 0 Å². The van der Waals surface area contributed by atoms with E-state index < -0.39 is 11.6 Å². The number of aliphatic imine (C=N–C) groups is 1. The topological polar surface area (TPSA) is 163 Å². The Hall–Kier alpha value is -2.86. The molecular weight excluding hydrogens is 360 g/mol. The van der Waals surface area contributed by atoms with E-state index in [1.807, 2.05) is 6.07 Å². The number of carbonyl (C=O) groups excluding carboxylic acids is 1. The van der Waals surface area contributed by atoms with Gasteiger partial charge in [0.05, 0.1) is 12.1 Å². The quantitative estimate of drug-likeness (QED) is 0.206. The Morgan fingerprint density at radius 2 is 2.18 bits per heavy atom. The van der Waals surface area contributed by atoms with Gasteiger partial charge in [0.25, 0.3) is 6.26 Å².